The minimum atomic E-state index is 0.572. The number of rotatable bonds is 8. The van der Waals surface area contributed by atoms with E-state index in [0.717, 1.165) is 210 Å². The molecule has 556 valence electrons. The number of furan rings is 2. The lowest BCUT2D eigenvalue weighted by Crippen LogP contribution is -2.08. The van der Waals surface area contributed by atoms with Crippen LogP contribution < -0.4 is 0 Å². The van der Waals surface area contributed by atoms with E-state index in [0.29, 0.717) is 11.3 Å². The fraction of sp³-hybridized carbons (Fsp3) is 0. The van der Waals surface area contributed by atoms with E-state index >= 15 is 0 Å². The summed E-state index contributed by atoms with van der Waals surface area (Å²) in [6.45, 7) is 8.19. The number of fused-ring (bicyclic) bond motifs is 26. The van der Waals surface area contributed by atoms with E-state index in [-0.39, 0.29) is 0 Å². The maximum Gasteiger partial charge on any atom is 0.194 e. The molecule has 10 aromatic heterocycles. The maximum absolute atomic E-state index is 9.90. The Bertz CT molecular complexity index is 8960. The smallest absolute Gasteiger partial charge is 0.194 e. The molecule has 12 heteroatoms. The van der Waals surface area contributed by atoms with Crippen molar-refractivity contribution in [3.05, 3.63) is 393 Å². The van der Waals surface area contributed by atoms with Gasteiger partial charge < -0.3 is 27.1 Å². The Kier molecular flexibility index (Phi) is 14.4. The summed E-state index contributed by atoms with van der Waals surface area (Å²) in [5, 5.41) is 27.9. The van der Waals surface area contributed by atoms with Crippen molar-refractivity contribution >= 4 is 180 Å². The fourth-order valence-corrected chi connectivity index (χ4v) is 19.6. The molecule has 0 atom stereocenters. The van der Waals surface area contributed by atoms with Crippen molar-refractivity contribution in [2.75, 3.05) is 0 Å². The van der Waals surface area contributed by atoms with Crippen LogP contribution in [-0.4, -0.2) is 37.4 Å². The van der Waals surface area contributed by atoms with Gasteiger partial charge in [-0.25, -0.2) is 14.8 Å². The van der Waals surface area contributed by atoms with Crippen molar-refractivity contribution in [1.29, 1.82) is 5.26 Å². The van der Waals surface area contributed by atoms with Crippen molar-refractivity contribution in [2.24, 2.45) is 0 Å². The van der Waals surface area contributed by atoms with Crippen molar-refractivity contribution < 1.29 is 8.83 Å². The Morgan fingerprint density at radius 2 is 0.625 bits per heavy atom. The predicted octanol–water partition coefficient (Wildman–Crippen LogP) is 28.3. The number of nitriles is 1. The first-order valence-corrected chi connectivity index (χ1v) is 40.2. The molecule has 0 aliphatic heterocycles. The number of aromatic nitrogens is 8. The van der Waals surface area contributed by atoms with Crippen LogP contribution in [-0.2, 0) is 0 Å². The lowest BCUT2D eigenvalue weighted by molar-refractivity contribution is 0.672. The second-order valence-corrected chi connectivity index (χ2v) is 30.8. The molecule has 0 bridgehead atoms. The fourth-order valence-electron chi connectivity index (χ4n) is 19.6. The number of nitrogens with zero attached hydrogens (tertiary/aromatic N) is 10. The van der Waals surface area contributed by atoms with E-state index in [9.17, 15) is 5.26 Å². The van der Waals surface area contributed by atoms with Crippen LogP contribution in [0.1, 0.15) is 5.56 Å². The van der Waals surface area contributed by atoms with Crippen LogP contribution in [0.25, 0.3) is 236 Å². The summed E-state index contributed by atoms with van der Waals surface area (Å²) in [7, 11) is 0. The van der Waals surface area contributed by atoms with Crippen molar-refractivity contribution in [2.45, 2.75) is 0 Å². The van der Waals surface area contributed by atoms with Gasteiger partial charge in [-0.2, -0.15) is 5.26 Å². The van der Waals surface area contributed by atoms with Gasteiger partial charge in [-0.05, 0) is 157 Å². The van der Waals surface area contributed by atoms with Crippen LogP contribution in [0, 0.1) is 17.9 Å². The van der Waals surface area contributed by atoms with Gasteiger partial charge in [0.2, 0.25) is 0 Å². The quantitative estimate of drug-likeness (QED) is 0.141. The first-order chi connectivity index (χ1) is 59.5. The number of benzene rings is 16. The molecule has 0 aliphatic rings. The van der Waals surface area contributed by atoms with Crippen molar-refractivity contribution in [1.82, 2.24) is 37.4 Å². The lowest BCUT2D eigenvalue weighted by Gasteiger charge is -2.20. The summed E-state index contributed by atoms with van der Waals surface area (Å²) >= 11 is 0. The Morgan fingerprint density at radius 3 is 1.12 bits per heavy atom. The van der Waals surface area contributed by atoms with E-state index in [1.165, 1.54) is 21.5 Å². The molecule has 0 fully saturated rings. The van der Waals surface area contributed by atoms with Gasteiger partial charge in [0.05, 0.1) is 107 Å². The van der Waals surface area contributed by atoms with Crippen LogP contribution in [0.3, 0.4) is 0 Å². The number of hydrogen-bond acceptors (Lipinski definition) is 5. The average Bonchev–Trinajstić information content (AvgIpc) is 1.54. The van der Waals surface area contributed by atoms with Gasteiger partial charge >= 0.3 is 0 Å². The molecular formula is C108H62N10O2. The number of para-hydroxylation sites is 11. The average molecular weight is 1530 g/mol. The Balaban J connectivity index is 0.000000136. The van der Waals surface area contributed by atoms with E-state index in [1.54, 1.807) is 0 Å². The van der Waals surface area contributed by atoms with Gasteiger partial charge in [0, 0.05) is 110 Å². The predicted molar refractivity (Wildman–Crippen MR) is 491 cm³/mol. The molecule has 0 aliphatic carbocycles. The highest BCUT2D eigenvalue weighted by atomic mass is 16.3. The monoisotopic (exact) mass is 1530 g/mol. The highest BCUT2D eigenvalue weighted by Crippen LogP contribution is 2.50. The Labute approximate surface area is 683 Å². The summed E-state index contributed by atoms with van der Waals surface area (Å²) < 4.78 is 27.5. The molecule has 0 N–H and O–H groups in total. The minimum Gasteiger partial charge on any atom is -0.455 e. The van der Waals surface area contributed by atoms with E-state index in [2.05, 4.69) is 336 Å². The third-order valence-electron chi connectivity index (χ3n) is 24.6. The third kappa shape index (κ3) is 9.55. The summed E-state index contributed by atoms with van der Waals surface area (Å²) in [5.74, 6) is 1.54. The van der Waals surface area contributed by atoms with Crippen LogP contribution >= 0.6 is 0 Å². The lowest BCUT2D eigenvalue weighted by atomic mass is 10.0. The Hall–Kier alpha value is -16.8. The topological polar surface area (TPSA) is 110 Å². The highest BCUT2D eigenvalue weighted by molar-refractivity contribution is 6.27. The highest BCUT2D eigenvalue weighted by Gasteiger charge is 2.31. The number of hydrogen-bond donors (Lipinski definition) is 0. The summed E-state index contributed by atoms with van der Waals surface area (Å²) in [4.78, 5) is 14.7. The second-order valence-electron chi connectivity index (χ2n) is 30.8. The molecule has 10 heterocycles. The van der Waals surface area contributed by atoms with Crippen LogP contribution in [0.5, 0.6) is 0 Å². The van der Waals surface area contributed by atoms with Crippen LogP contribution in [0.4, 0.5) is 5.69 Å². The SMILES string of the molecule is N#Cc1ccc(-c2ccnc(-n3c4ccccc4c4cc5c6ccccc6n(-c6ccccc6)c5cc43)c2-n2c3ccccc3c3cc4c5ccccc5n(-c5ccccc5)c4cc32)cc1.[C-]#[N+]c1ccccc1-c1ccnc(-n2c3ccccc3c3c4oc5ccccc5c4ccc32)c1-n1c2ccccc2c2c3oc4ccccc4c3ccc21. The van der Waals surface area contributed by atoms with Gasteiger partial charge in [-0.3, -0.25) is 9.13 Å². The zero-order valence-electron chi connectivity index (χ0n) is 64.1. The second kappa shape index (κ2) is 25.9. The standard InChI is InChI=1S/C60H36N6.C48H26N4O2/c61-37-38-27-29-39(30-28-38)42-31-32-62-60(66-54-26-14-10-22-46(54)50-34-48-44-20-8-12-24-52(44)64(56(48)36-58(50)66)41-17-5-2-6-18-41)59(42)65-53-25-13-9-21-45(53)49-33-47-43-19-7-11-23-51(43)63(55(47)35-57(49)65)40-15-3-1-4-16-40;1-49-36-17-7-2-12-28(36)31-26-27-50-48(52-38-19-9-4-16-35(38)44-40(52)25-23-33-30-14-6-11-21-42(30)54-47(33)44)45(31)51-37-18-8-3-15-34(37)43-39(51)24-22-32-29-13-5-10-20-41(29)53-46(32)43/h1-36H;2-27H. The van der Waals surface area contributed by atoms with Crippen LogP contribution in [0.2, 0.25) is 0 Å². The molecule has 0 spiro atoms. The van der Waals surface area contributed by atoms with Gasteiger partial charge in [-0.1, -0.05) is 218 Å². The van der Waals surface area contributed by atoms with Crippen LogP contribution in [0.15, 0.2) is 385 Å². The third-order valence-corrected chi connectivity index (χ3v) is 24.6. The molecule has 26 rings (SSSR count). The molecule has 0 saturated carbocycles. The first kappa shape index (κ1) is 66.6. The van der Waals surface area contributed by atoms with Crippen molar-refractivity contribution in [3.8, 4) is 62.7 Å². The molecule has 0 radical (unpaired) electrons. The largest absolute Gasteiger partial charge is 0.455 e. The van der Waals surface area contributed by atoms with Crippen molar-refractivity contribution in [3.63, 3.8) is 0 Å². The van der Waals surface area contributed by atoms with Gasteiger partial charge in [0.25, 0.3) is 0 Å². The number of pyridine rings is 2. The molecule has 0 unspecified atom stereocenters. The maximum atomic E-state index is 9.90. The summed E-state index contributed by atoms with van der Waals surface area (Å²) in [6.07, 6.45) is 3.80. The zero-order valence-corrected chi connectivity index (χ0v) is 64.1. The normalized spacial score (nSPS) is 12.0. The van der Waals surface area contributed by atoms with Gasteiger partial charge in [0.1, 0.15) is 22.3 Å². The van der Waals surface area contributed by atoms with E-state index in [1.807, 2.05) is 79.1 Å². The summed E-state index contributed by atoms with van der Waals surface area (Å²) in [5.41, 5.74) is 25.2. The molecule has 120 heavy (non-hydrogen) atoms. The first-order valence-electron chi connectivity index (χ1n) is 40.2. The molecular weight excluding hydrogens is 1470 g/mol. The minimum absolute atomic E-state index is 0.572. The molecule has 12 nitrogen and oxygen atoms in total. The molecule has 0 saturated heterocycles. The van der Waals surface area contributed by atoms with E-state index in [4.69, 9.17) is 25.4 Å². The molecule has 0 amide bonds. The molecule has 16 aromatic carbocycles. The molecule has 26 aromatic rings. The van der Waals surface area contributed by atoms with E-state index < -0.39 is 0 Å². The Morgan fingerprint density at radius 1 is 0.267 bits per heavy atom. The van der Waals surface area contributed by atoms with Gasteiger partial charge in [-0.15, -0.1) is 0 Å². The van der Waals surface area contributed by atoms with Gasteiger partial charge in [0.15, 0.2) is 17.3 Å². The summed E-state index contributed by atoms with van der Waals surface area (Å²) in [6, 6.07) is 130. The zero-order chi connectivity index (χ0) is 79.0.